The molecular weight excluding hydrogens is 540 g/mol. The summed E-state index contributed by atoms with van der Waals surface area (Å²) in [5, 5.41) is 7.26. The van der Waals surface area contributed by atoms with Gasteiger partial charge in [0, 0.05) is 42.8 Å². The van der Waals surface area contributed by atoms with Crippen LogP contribution >= 0.6 is 0 Å². The topological polar surface area (TPSA) is 124 Å². The van der Waals surface area contributed by atoms with E-state index in [1.165, 1.54) is 0 Å². The number of carbonyl (C=O) groups excluding carboxylic acids is 4. The van der Waals surface area contributed by atoms with Crippen LogP contribution < -0.4 is 10.6 Å². The number of rotatable bonds is 1. The Balaban J connectivity index is 1.82. The van der Waals surface area contributed by atoms with Crippen LogP contribution in [0.5, 0.6) is 0 Å². The van der Waals surface area contributed by atoms with Gasteiger partial charge in [-0.2, -0.15) is 0 Å². The molecule has 0 aliphatic carbocycles. The number of hydrogen-bond acceptors (Lipinski definition) is 9. The van der Waals surface area contributed by atoms with Gasteiger partial charge in [-0.15, -0.1) is 5.06 Å². The molecule has 5 saturated heterocycles. The number of hydroxylamine groups is 2. The van der Waals surface area contributed by atoms with Crippen LogP contribution in [0, 0.1) is 6.04 Å². The Bertz CT molecular complexity index is 965. The van der Waals surface area contributed by atoms with Crippen LogP contribution in [-0.4, -0.2) is 119 Å². The standard InChI is InChI=1S/C30H52N6O6/c1-27(2)20-33-17-18-41-25(39)31-14-11-9-10-12-15-32-26(40)42-34-21-28(3,4)36(29(5,6)22-34)23(19-37)13-16-35(27)30(7,8)24(33)38/h9-18,20-22H2,1-8H3,(H,31,39)(H,32,40). The first-order chi connectivity index (χ1) is 19.5. The molecule has 2 N–H and O–H groups in total. The van der Waals surface area contributed by atoms with Gasteiger partial charge in [0.25, 0.3) is 0 Å². The van der Waals surface area contributed by atoms with E-state index in [1.807, 2.05) is 41.5 Å². The van der Waals surface area contributed by atoms with E-state index in [0.717, 1.165) is 25.7 Å². The minimum absolute atomic E-state index is 0.0438. The predicted octanol–water partition coefficient (Wildman–Crippen LogP) is 2.84. The van der Waals surface area contributed by atoms with E-state index >= 15 is 0 Å². The van der Waals surface area contributed by atoms with E-state index in [0.29, 0.717) is 58.3 Å². The zero-order valence-corrected chi connectivity index (χ0v) is 26.9. The maximum Gasteiger partial charge on any atom is 0.426 e. The second kappa shape index (κ2) is 13.5. The van der Waals surface area contributed by atoms with Crippen LogP contribution in [-0.2, 0) is 19.2 Å². The van der Waals surface area contributed by atoms with Gasteiger partial charge in [-0.3, -0.25) is 19.4 Å². The average Bonchev–Trinajstić information content (AvgIpc) is 2.85. The third kappa shape index (κ3) is 8.13. The molecule has 0 spiro atoms. The van der Waals surface area contributed by atoms with Crippen LogP contribution in [0.2, 0.25) is 0 Å². The number of carbonyl (C=O) groups is 3. The first-order valence-corrected chi connectivity index (χ1v) is 15.2. The van der Waals surface area contributed by atoms with E-state index in [9.17, 15) is 19.2 Å². The van der Waals surface area contributed by atoms with E-state index in [-0.39, 0.29) is 12.5 Å². The summed E-state index contributed by atoms with van der Waals surface area (Å²) < 4.78 is 5.36. The molecule has 238 valence electrons. The molecule has 1 unspecified atom stereocenters. The number of fused-ring (bicyclic) bond motifs is 2. The summed E-state index contributed by atoms with van der Waals surface area (Å²) >= 11 is 0. The molecule has 5 heterocycles. The van der Waals surface area contributed by atoms with Crippen molar-refractivity contribution in [1.82, 2.24) is 30.4 Å². The molecule has 0 saturated carbocycles. The number of nitrogens with one attached hydrogen (secondary N) is 2. The fraction of sp³-hybridized carbons (Fsp3) is 0.833. The Labute approximate surface area is 251 Å². The first-order valence-electron chi connectivity index (χ1n) is 15.2. The quantitative estimate of drug-likeness (QED) is 0.473. The van der Waals surface area contributed by atoms with Crippen molar-refractivity contribution < 1.29 is 28.8 Å². The maximum atomic E-state index is 13.6. The first kappa shape index (κ1) is 34.1. The number of hydrogen-bond donors (Lipinski definition) is 2. The van der Waals surface area contributed by atoms with Crippen LogP contribution in [0.4, 0.5) is 9.59 Å². The number of alkyl carbamates (subject to hydrolysis) is 1. The molecule has 0 aromatic heterocycles. The highest BCUT2D eigenvalue weighted by atomic mass is 16.7. The molecule has 2 radical (unpaired) electrons. The highest BCUT2D eigenvalue weighted by Gasteiger charge is 2.52. The van der Waals surface area contributed by atoms with Gasteiger partial charge in [-0.1, -0.05) is 12.8 Å². The molecule has 3 amide bonds. The summed E-state index contributed by atoms with van der Waals surface area (Å²) in [6.07, 6.45) is 5.03. The van der Waals surface area contributed by atoms with Crippen LogP contribution in [0.3, 0.4) is 0 Å². The highest BCUT2D eigenvalue weighted by molar-refractivity contribution is 5.86. The Morgan fingerprint density at radius 2 is 1.31 bits per heavy atom. The van der Waals surface area contributed by atoms with Gasteiger partial charge in [0.2, 0.25) is 12.2 Å². The molecule has 12 heteroatoms. The Hall–Kier alpha value is -2.44. The lowest BCUT2D eigenvalue weighted by atomic mass is 9.84. The van der Waals surface area contributed by atoms with Gasteiger partial charge < -0.3 is 25.1 Å². The zero-order valence-electron chi connectivity index (χ0n) is 26.9. The molecule has 0 aromatic rings. The third-order valence-corrected chi connectivity index (χ3v) is 8.54. The summed E-state index contributed by atoms with van der Waals surface area (Å²) in [6.45, 7) is 19.3. The Kier molecular flexibility index (Phi) is 10.9. The largest absolute Gasteiger partial charge is 0.448 e. The van der Waals surface area contributed by atoms with E-state index in [1.54, 1.807) is 9.96 Å². The van der Waals surface area contributed by atoms with Crippen molar-refractivity contribution in [2.24, 2.45) is 0 Å². The number of ether oxygens (including phenoxy) is 1. The second-order valence-corrected chi connectivity index (χ2v) is 14.1. The lowest BCUT2D eigenvalue weighted by molar-refractivity contribution is -0.189. The molecule has 1 atom stereocenters. The minimum Gasteiger partial charge on any atom is -0.448 e. The summed E-state index contributed by atoms with van der Waals surface area (Å²) in [5.74, 6) is -0.0438. The fourth-order valence-corrected chi connectivity index (χ4v) is 7.18. The summed E-state index contributed by atoms with van der Waals surface area (Å²) in [4.78, 5) is 62.5. The van der Waals surface area contributed by atoms with E-state index < -0.39 is 34.3 Å². The summed E-state index contributed by atoms with van der Waals surface area (Å²) in [7, 11) is 0. The van der Waals surface area contributed by atoms with E-state index in [2.05, 4.69) is 40.6 Å². The minimum atomic E-state index is -0.838. The lowest BCUT2D eigenvalue weighted by Gasteiger charge is -2.58. The fourth-order valence-electron chi connectivity index (χ4n) is 7.18. The lowest BCUT2D eigenvalue weighted by Crippen LogP contribution is -2.72. The maximum absolute atomic E-state index is 13.6. The monoisotopic (exact) mass is 592 g/mol. The molecule has 5 fully saturated rings. The van der Waals surface area contributed by atoms with Crippen molar-refractivity contribution >= 4 is 24.4 Å². The third-order valence-electron chi connectivity index (χ3n) is 8.54. The van der Waals surface area contributed by atoms with Crippen LogP contribution in [0.25, 0.3) is 0 Å². The number of amides is 3. The van der Waals surface area contributed by atoms with Gasteiger partial charge in [0.05, 0.1) is 25.2 Å². The van der Waals surface area contributed by atoms with Crippen molar-refractivity contribution in [3.63, 3.8) is 0 Å². The van der Waals surface area contributed by atoms with Crippen molar-refractivity contribution in [3.05, 3.63) is 6.04 Å². The molecular formula is C30H52N6O6. The Morgan fingerprint density at radius 3 is 1.88 bits per heavy atom. The SMILES string of the molecule is CC1(C)CN2CC(C)(C)N1[C]([C]=O)CCN1C(C)(C)CN(CCOC(=O)NCCCCCCNC(=O)O2)C(=O)C1(C)C. The van der Waals surface area contributed by atoms with Crippen molar-refractivity contribution in [2.75, 3.05) is 52.4 Å². The Morgan fingerprint density at radius 1 is 0.738 bits per heavy atom. The summed E-state index contributed by atoms with van der Waals surface area (Å²) in [6, 6.07) is 0.528. The highest BCUT2D eigenvalue weighted by Crippen LogP contribution is 2.39. The molecule has 12 nitrogen and oxygen atoms in total. The molecule has 0 aromatic carbocycles. The van der Waals surface area contributed by atoms with Crippen molar-refractivity contribution in [1.29, 1.82) is 0 Å². The number of piperazine rings is 2. The average molecular weight is 593 g/mol. The molecule has 4 bridgehead atoms. The smallest absolute Gasteiger partial charge is 0.426 e. The number of nitrogens with zero attached hydrogens (tertiary/aromatic N) is 4. The van der Waals surface area contributed by atoms with Gasteiger partial charge >= 0.3 is 12.2 Å². The van der Waals surface area contributed by atoms with Crippen molar-refractivity contribution in [2.45, 2.75) is 110 Å². The molecule has 5 aliphatic rings. The van der Waals surface area contributed by atoms with Gasteiger partial charge in [-0.05, 0) is 74.7 Å². The second-order valence-electron chi connectivity index (χ2n) is 14.1. The van der Waals surface area contributed by atoms with Gasteiger partial charge in [0.15, 0.2) is 0 Å². The van der Waals surface area contributed by atoms with Crippen molar-refractivity contribution in [3.8, 4) is 0 Å². The van der Waals surface area contributed by atoms with Crippen LogP contribution in [0.1, 0.15) is 87.5 Å². The van der Waals surface area contributed by atoms with Crippen LogP contribution in [0.15, 0.2) is 0 Å². The normalized spacial score (nSPS) is 31.5. The molecule has 5 rings (SSSR count). The summed E-state index contributed by atoms with van der Waals surface area (Å²) in [5.41, 5.74) is -2.31. The van der Waals surface area contributed by atoms with Gasteiger partial charge in [0.1, 0.15) is 12.6 Å². The van der Waals surface area contributed by atoms with Gasteiger partial charge in [-0.25, -0.2) is 9.59 Å². The van der Waals surface area contributed by atoms with E-state index in [4.69, 9.17) is 9.57 Å². The predicted molar refractivity (Wildman–Crippen MR) is 159 cm³/mol. The molecule has 42 heavy (non-hydrogen) atoms. The molecule has 5 aliphatic heterocycles. The zero-order chi connectivity index (χ0) is 31.3.